The van der Waals surface area contributed by atoms with E-state index in [-0.39, 0.29) is 18.1 Å². The molecule has 228 valence electrons. The average molecular weight is 588 g/mol. The quantitative estimate of drug-likeness (QED) is 0.383. The molecule has 1 spiro atoms. The molecule has 3 N–H and O–H groups in total. The van der Waals surface area contributed by atoms with Gasteiger partial charge in [-0.05, 0) is 77.0 Å². The van der Waals surface area contributed by atoms with E-state index in [0.717, 1.165) is 24.0 Å². The van der Waals surface area contributed by atoms with E-state index in [4.69, 9.17) is 23.7 Å². The molecule has 0 saturated heterocycles. The van der Waals surface area contributed by atoms with Crippen molar-refractivity contribution >= 4 is 24.0 Å². The standard InChI is InChI=1S/C30H37NO11/c1-15(39-27(36)42-28(2,3)4)25(33)31-18(26(34)35)14-21(32)40-20-10-12-30(37)17-7-6-11-29(30)22-16(13-17)8-9-19(38-5)23(22)41-24(20)29/h8-10,15,17-18,24,37H,6-7,11-14H2,1-5H3,(H,31,33)(H,34,35)/t15-,17+,18-,24-,29-,30+/m0/s1. The first kappa shape index (κ1) is 29.7. The predicted molar refractivity (Wildman–Crippen MR) is 145 cm³/mol. The van der Waals surface area contributed by atoms with Crippen LogP contribution in [0, 0.1) is 5.92 Å². The Labute approximate surface area is 243 Å². The van der Waals surface area contributed by atoms with E-state index in [1.807, 2.05) is 12.1 Å². The summed E-state index contributed by atoms with van der Waals surface area (Å²) in [6, 6.07) is 2.18. The van der Waals surface area contributed by atoms with Gasteiger partial charge in [0.05, 0.1) is 24.5 Å². The van der Waals surface area contributed by atoms with Crippen LogP contribution in [0.1, 0.15) is 70.9 Å². The highest BCUT2D eigenvalue weighted by Gasteiger charge is 2.71. The van der Waals surface area contributed by atoms with Crippen molar-refractivity contribution in [1.29, 1.82) is 0 Å². The molecule has 1 heterocycles. The lowest BCUT2D eigenvalue weighted by Crippen LogP contribution is -2.67. The van der Waals surface area contributed by atoms with Gasteiger partial charge in [-0.15, -0.1) is 0 Å². The summed E-state index contributed by atoms with van der Waals surface area (Å²) in [5, 5.41) is 24.1. The van der Waals surface area contributed by atoms with E-state index in [9.17, 15) is 29.4 Å². The zero-order valence-corrected chi connectivity index (χ0v) is 24.4. The normalized spacial score (nSPS) is 28.2. The van der Waals surface area contributed by atoms with Crippen molar-refractivity contribution in [2.24, 2.45) is 5.92 Å². The fourth-order valence-electron chi connectivity index (χ4n) is 6.98. The van der Waals surface area contributed by atoms with Crippen molar-refractivity contribution < 1.29 is 53.1 Å². The Hall–Kier alpha value is -3.80. The van der Waals surface area contributed by atoms with Crippen LogP contribution in [0.5, 0.6) is 11.5 Å². The molecular formula is C30H37NO11. The number of aliphatic carboxylic acids is 1. The second-order valence-corrected chi connectivity index (χ2v) is 12.4. The number of benzene rings is 1. The van der Waals surface area contributed by atoms with Gasteiger partial charge in [0.15, 0.2) is 23.7 Å². The van der Waals surface area contributed by atoms with Crippen molar-refractivity contribution in [2.75, 3.05) is 7.11 Å². The second-order valence-electron chi connectivity index (χ2n) is 12.4. The van der Waals surface area contributed by atoms with Gasteiger partial charge in [0, 0.05) is 5.56 Å². The third kappa shape index (κ3) is 4.85. The van der Waals surface area contributed by atoms with Crippen molar-refractivity contribution in [1.82, 2.24) is 5.32 Å². The number of esters is 1. The summed E-state index contributed by atoms with van der Waals surface area (Å²) in [4.78, 5) is 49.5. The van der Waals surface area contributed by atoms with E-state index in [1.54, 1.807) is 26.8 Å². The van der Waals surface area contributed by atoms with E-state index in [2.05, 4.69) is 5.32 Å². The van der Waals surface area contributed by atoms with Crippen molar-refractivity contribution in [3.05, 3.63) is 35.1 Å². The summed E-state index contributed by atoms with van der Waals surface area (Å²) in [6.07, 6.45) is 0.962. The molecule has 3 aliphatic carbocycles. The zero-order valence-electron chi connectivity index (χ0n) is 24.4. The Kier molecular flexibility index (Phi) is 7.41. The molecule has 0 radical (unpaired) electrons. The topological polar surface area (TPSA) is 167 Å². The van der Waals surface area contributed by atoms with Gasteiger partial charge in [0.25, 0.3) is 5.91 Å². The van der Waals surface area contributed by atoms with Gasteiger partial charge in [-0.25, -0.2) is 9.59 Å². The zero-order chi connectivity index (χ0) is 30.6. The number of hydrogen-bond donors (Lipinski definition) is 3. The first-order chi connectivity index (χ1) is 19.7. The fourth-order valence-corrected chi connectivity index (χ4v) is 6.98. The van der Waals surface area contributed by atoms with Crippen LogP contribution in [0.15, 0.2) is 24.0 Å². The molecule has 5 rings (SSSR count). The van der Waals surface area contributed by atoms with Gasteiger partial charge in [0.1, 0.15) is 17.4 Å². The fraction of sp³-hybridized carbons (Fsp3) is 0.600. The van der Waals surface area contributed by atoms with E-state index in [1.165, 1.54) is 14.0 Å². The number of nitrogens with one attached hydrogen (secondary N) is 1. The number of aliphatic hydroxyl groups is 1. The molecule has 1 aliphatic heterocycles. The molecule has 1 aromatic rings. The smallest absolute Gasteiger partial charge is 0.493 e. The number of carboxylic acid groups (broad SMARTS) is 1. The lowest BCUT2D eigenvalue weighted by molar-refractivity contribution is -0.161. The highest BCUT2D eigenvalue weighted by molar-refractivity contribution is 5.89. The van der Waals surface area contributed by atoms with Crippen molar-refractivity contribution in [3.8, 4) is 11.5 Å². The predicted octanol–water partition coefficient (Wildman–Crippen LogP) is 2.91. The molecule has 2 bridgehead atoms. The summed E-state index contributed by atoms with van der Waals surface area (Å²) < 4.78 is 27.6. The van der Waals surface area contributed by atoms with Gasteiger partial charge < -0.3 is 39.2 Å². The monoisotopic (exact) mass is 587 g/mol. The Bertz CT molecular complexity index is 1350. The summed E-state index contributed by atoms with van der Waals surface area (Å²) >= 11 is 0. The third-order valence-electron chi connectivity index (χ3n) is 8.72. The van der Waals surface area contributed by atoms with E-state index >= 15 is 0 Å². The van der Waals surface area contributed by atoms with Crippen molar-refractivity contribution in [3.63, 3.8) is 0 Å². The molecule has 1 saturated carbocycles. The maximum Gasteiger partial charge on any atom is 0.509 e. The summed E-state index contributed by atoms with van der Waals surface area (Å²) in [7, 11) is 1.54. The summed E-state index contributed by atoms with van der Waals surface area (Å²) in [5.74, 6) is -2.07. The third-order valence-corrected chi connectivity index (χ3v) is 8.72. The first-order valence-corrected chi connectivity index (χ1v) is 14.1. The van der Waals surface area contributed by atoms with Crippen LogP contribution < -0.4 is 14.8 Å². The van der Waals surface area contributed by atoms with Crippen LogP contribution in [0.3, 0.4) is 0 Å². The molecule has 1 fully saturated rings. The average Bonchev–Trinajstić information content (AvgIpc) is 3.23. The summed E-state index contributed by atoms with van der Waals surface area (Å²) in [6.45, 7) is 6.12. The lowest BCUT2D eigenvalue weighted by atomic mass is 9.47. The van der Waals surface area contributed by atoms with Crippen LogP contribution in [0.4, 0.5) is 4.79 Å². The number of carbonyl (C=O) groups is 4. The Morgan fingerprint density at radius 2 is 1.95 bits per heavy atom. The summed E-state index contributed by atoms with van der Waals surface area (Å²) in [5.41, 5.74) is -0.824. The van der Waals surface area contributed by atoms with Crippen LogP contribution in [0.25, 0.3) is 0 Å². The maximum atomic E-state index is 13.1. The Balaban J connectivity index is 1.32. The molecule has 1 amide bonds. The number of rotatable bonds is 8. The number of hydrogen-bond acceptors (Lipinski definition) is 10. The van der Waals surface area contributed by atoms with E-state index in [0.29, 0.717) is 24.3 Å². The molecule has 0 aromatic heterocycles. The second kappa shape index (κ2) is 10.5. The Morgan fingerprint density at radius 1 is 1.21 bits per heavy atom. The first-order valence-electron chi connectivity index (χ1n) is 14.1. The number of ether oxygens (including phenoxy) is 5. The molecule has 1 aromatic carbocycles. The minimum absolute atomic E-state index is 0.00851. The minimum atomic E-state index is -1.66. The number of methoxy groups -OCH3 is 1. The molecule has 12 nitrogen and oxygen atoms in total. The molecule has 12 heteroatoms. The molecule has 0 unspecified atom stereocenters. The van der Waals surface area contributed by atoms with Crippen LogP contribution in [-0.4, -0.2) is 70.8 Å². The van der Waals surface area contributed by atoms with Gasteiger partial charge in [-0.3, -0.25) is 9.59 Å². The maximum absolute atomic E-state index is 13.1. The van der Waals surface area contributed by atoms with Gasteiger partial charge >= 0.3 is 18.1 Å². The number of amides is 1. The van der Waals surface area contributed by atoms with Crippen LogP contribution in [0.2, 0.25) is 0 Å². The molecule has 42 heavy (non-hydrogen) atoms. The minimum Gasteiger partial charge on any atom is -0.493 e. The highest BCUT2D eigenvalue weighted by Crippen LogP contribution is 2.67. The largest absolute Gasteiger partial charge is 0.509 e. The van der Waals surface area contributed by atoms with Gasteiger partial charge in [-0.2, -0.15) is 0 Å². The number of carbonyl (C=O) groups excluding carboxylic acids is 3. The van der Waals surface area contributed by atoms with E-state index < -0.39 is 65.3 Å². The number of carboxylic acids is 1. The highest BCUT2D eigenvalue weighted by atomic mass is 16.7. The SMILES string of the molecule is COc1ccc2c3c1O[C@H]1C(OC(=O)C[C@H](NC(=O)[C@H](C)OC(=O)OC(C)(C)C)C(=O)O)=CC[C@@]4(O)[C@H](CCC[C@]314)C2. The molecule has 6 atom stereocenters. The molecule has 4 aliphatic rings. The van der Waals surface area contributed by atoms with Crippen LogP contribution in [-0.2, 0) is 40.4 Å². The van der Waals surface area contributed by atoms with Gasteiger partial charge in [0.2, 0.25) is 0 Å². The molecular weight excluding hydrogens is 550 g/mol. The lowest BCUT2D eigenvalue weighted by Gasteiger charge is -2.59. The van der Waals surface area contributed by atoms with Gasteiger partial charge in [-0.1, -0.05) is 12.5 Å². The van der Waals surface area contributed by atoms with Crippen LogP contribution >= 0.6 is 0 Å². The van der Waals surface area contributed by atoms with Crippen molar-refractivity contribution in [2.45, 2.75) is 101 Å². The Morgan fingerprint density at radius 3 is 2.62 bits per heavy atom.